The number of quaternary nitrogens is 1. The average Bonchev–Trinajstić information content (AvgIpc) is 2.76. The van der Waals surface area contributed by atoms with E-state index in [1.807, 2.05) is 0 Å². The highest BCUT2D eigenvalue weighted by molar-refractivity contribution is 8.00. The van der Waals surface area contributed by atoms with Gasteiger partial charge in [-0.05, 0) is 12.8 Å². The molecular weight excluding hydrogens is 460 g/mol. The molecule has 2 heterocycles. The fraction of sp³-hybridized carbons (Fsp3) is 0.684. The Kier molecular flexibility index (Phi) is 9.46. The highest BCUT2D eigenvalue weighted by Crippen LogP contribution is 2.40. The minimum Gasteiger partial charge on any atom is -0.548 e. The third-order valence-electron chi connectivity index (χ3n) is 5.36. The van der Waals surface area contributed by atoms with Crippen LogP contribution >= 0.6 is 11.8 Å². The number of nitrogens with zero attached hydrogens (tertiary/aromatic N) is 1. The van der Waals surface area contributed by atoms with Gasteiger partial charge in [0.2, 0.25) is 11.8 Å². The molecule has 5 N–H and O–H groups in total. The molecule has 184 valence electrons. The quantitative estimate of drug-likeness (QED) is 0.135. The zero-order valence-corrected chi connectivity index (χ0v) is 18.9. The van der Waals surface area contributed by atoms with E-state index in [-0.39, 0.29) is 26.0 Å². The van der Waals surface area contributed by atoms with E-state index in [0.717, 1.165) is 4.90 Å². The van der Waals surface area contributed by atoms with Crippen molar-refractivity contribution in [1.29, 1.82) is 0 Å². The van der Waals surface area contributed by atoms with E-state index in [4.69, 9.17) is 4.74 Å². The topological polar surface area (TPSA) is 213 Å². The van der Waals surface area contributed by atoms with Crippen molar-refractivity contribution >= 4 is 47.4 Å². The van der Waals surface area contributed by atoms with Gasteiger partial charge in [-0.1, -0.05) is 6.42 Å². The molecule has 5 atom stereocenters. The third-order valence-corrected chi connectivity index (χ3v) is 6.82. The van der Waals surface area contributed by atoms with Crippen molar-refractivity contribution in [2.45, 2.75) is 56.1 Å². The number of carbonyl (C=O) groups is 6. The summed E-state index contributed by atoms with van der Waals surface area (Å²) in [6, 6.07) is -3.32. The first-order chi connectivity index (χ1) is 15.6. The lowest BCUT2D eigenvalue weighted by Crippen LogP contribution is -2.77. The van der Waals surface area contributed by atoms with Crippen molar-refractivity contribution in [3.8, 4) is 0 Å². The molecule has 14 heteroatoms. The van der Waals surface area contributed by atoms with Gasteiger partial charge in [0.15, 0.2) is 6.54 Å². The molecule has 0 spiro atoms. The Morgan fingerprint density at radius 1 is 1.21 bits per heavy atom. The van der Waals surface area contributed by atoms with Gasteiger partial charge in [0.1, 0.15) is 11.4 Å². The van der Waals surface area contributed by atoms with Gasteiger partial charge in [0.05, 0.1) is 30.6 Å². The molecular formula is C19H27N4O9S-. The van der Waals surface area contributed by atoms with Crippen LogP contribution in [0, 0.1) is 5.92 Å². The maximum Gasteiger partial charge on any atom is 0.302 e. The number of amides is 3. The summed E-state index contributed by atoms with van der Waals surface area (Å²) < 4.78 is 4.89. The van der Waals surface area contributed by atoms with Crippen LogP contribution in [0.2, 0.25) is 0 Å². The van der Waals surface area contributed by atoms with Crippen LogP contribution in [-0.4, -0.2) is 82.9 Å². The Labute approximate surface area is 193 Å². The summed E-state index contributed by atoms with van der Waals surface area (Å²) in [5.74, 6) is -5.28. The number of β-lactam (4-membered cyclic amide) rings is 1. The number of thioether (sulfide) groups is 1. The number of carboxylic acid groups (broad SMARTS) is 2. The predicted molar refractivity (Wildman–Crippen MR) is 107 cm³/mol. The second-order valence-corrected chi connectivity index (χ2v) is 8.93. The fourth-order valence-corrected chi connectivity index (χ4v) is 5.19. The maximum absolute atomic E-state index is 12.5. The minimum atomic E-state index is -1.45. The van der Waals surface area contributed by atoms with Gasteiger partial charge in [0, 0.05) is 25.0 Å². The Bertz CT molecular complexity index is 808. The van der Waals surface area contributed by atoms with Crippen LogP contribution in [0.1, 0.15) is 32.6 Å². The number of nitrogens with one attached hydrogen (secondary N) is 2. The lowest BCUT2D eigenvalue weighted by Gasteiger charge is -2.55. The number of aliphatic carboxylic acids is 2. The van der Waals surface area contributed by atoms with Gasteiger partial charge in [-0.15, -0.1) is 11.8 Å². The van der Waals surface area contributed by atoms with Gasteiger partial charge in [-0.3, -0.25) is 19.2 Å². The smallest absolute Gasteiger partial charge is 0.302 e. The largest absolute Gasteiger partial charge is 0.548 e. The number of unbranched alkanes of at least 4 members (excludes halogenated alkanes) is 1. The molecule has 0 aromatic rings. The molecule has 2 unspecified atom stereocenters. The van der Waals surface area contributed by atoms with Crippen LogP contribution < -0.4 is 26.6 Å². The standard InChI is InChI=1S/C19H28N4O9S/c1-9(24)32-7-10-8-33-17-14(16(27)23(17)15(10)19(30)31)22-12(25)5-3-2-4-11(18(28)29)21-13(26)6-20/h10-11,14-15,17H,2-8,20H2,1H3,(H,21,26)(H,22,25)(H,28,29)(H,30,31)/p-1/t10?,11-,14+,15?,17+/m0/s1. The number of hydrogen-bond acceptors (Lipinski definition) is 10. The lowest BCUT2D eigenvalue weighted by molar-refractivity contribution is -0.355. The van der Waals surface area contributed by atoms with Crippen LogP contribution in [0.15, 0.2) is 0 Å². The van der Waals surface area contributed by atoms with Crippen LogP contribution in [0.4, 0.5) is 0 Å². The number of ether oxygens (including phenoxy) is 1. The molecule has 0 radical (unpaired) electrons. The molecule has 13 nitrogen and oxygen atoms in total. The van der Waals surface area contributed by atoms with Gasteiger partial charge >= 0.3 is 5.97 Å². The number of rotatable bonds is 12. The molecule has 0 aliphatic carbocycles. The van der Waals surface area contributed by atoms with Crippen LogP contribution in [0.5, 0.6) is 0 Å². The molecule has 2 fully saturated rings. The number of hydrogen-bond donors (Lipinski definition) is 3. The lowest BCUT2D eigenvalue weighted by atomic mass is 9.94. The number of fused-ring (bicyclic) bond motifs is 1. The third kappa shape index (κ3) is 6.81. The Hall–Kier alpha value is -2.87. The van der Waals surface area contributed by atoms with Crippen molar-refractivity contribution < 1.29 is 49.5 Å². The number of carboxylic acids is 2. The molecule has 0 aromatic heterocycles. The maximum atomic E-state index is 12.5. The van der Waals surface area contributed by atoms with Crippen LogP contribution in [0.25, 0.3) is 0 Å². The summed E-state index contributed by atoms with van der Waals surface area (Å²) in [5, 5.41) is 27.0. The molecule has 3 amide bonds. The van der Waals surface area contributed by atoms with Crippen molar-refractivity contribution in [3.05, 3.63) is 0 Å². The van der Waals surface area contributed by atoms with Gasteiger partial charge in [-0.25, -0.2) is 0 Å². The predicted octanol–water partition coefficient (Wildman–Crippen LogP) is -5.28. The second kappa shape index (κ2) is 11.8. The molecule has 2 aliphatic rings. The Morgan fingerprint density at radius 2 is 1.91 bits per heavy atom. The van der Waals surface area contributed by atoms with Crippen LogP contribution in [-0.2, 0) is 33.5 Å². The number of esters is 1. The SMILES string of the molecule is CC(=O)OCC1CS[C@@H]2[C@H](NC(=O)CCCC[C@H](NC(=O)C[NH3+])C(=O)[O-])C(=O)N2C1C(=O)[O-]. The second-order valence-electron chi connectivity index (χ2n) is 7.78. The zero-order valence-electron chi connectivity index (χ0n) is 18.1. The summed E-state index contributed by atoms with van der Waals surface area (Å²) in [6.07, 6.45) is 0.720. The summed E-state index contributed by atoms with van der Waals surface area (Å²) >= 11 is 1.28. The Morgan fingerprint density at radius 3 is 2.48 bits per heavy atom. The normalized spacial score (nSPS) is 24.7. The van der Waals surface area contributed by atoms with Crippen LogP contribution in [0.3, 0.4) is 0 Å². The van der Waals surface area contributed by atoms with E-state index in [1.54, 1.807) is 0 Å². The summed E-state index contributed by atoms with van der Waals surface area (Å²) in [7, 11) is 0. The minimum absolute atomic E-state index is 0.0171. The van der Waals surface area contributed by atoms with Gasteiger partial charge < -0.3 is 45.8 Å². The fourth-order valence-electron chi connectivity index (χ4n) is 3.70. The zero-order chi connectivity index (χ0) is 24.7. The van der Waals surface area contributed by atoms with E-state index < -0.39 is 65.0 Å². The first-order valence-electron chi connectivity index (χ1n) is 10.4. The highest BCUT2D eigenvalue weighted by atomic mass is 32.2. The summed E-state index contributed by atoms with van der Waals surface area (Å²) in [6.45, 7) is 0.933. The molecule has 2 aliphatic heterocycles. The molecule has 0 saturated carbocycles. The summed E-state index contributed by atoms with van der Waals surface area (Å²) in [4.78, 5) is 70.9. The van der Waals surface area contributed by atoms with E-state index in [9.17, 15) is 39.0 Å². The summed E-state index contributed by atoms with van der Waals surface area (Å²) in [5.41, 5.74) is 3.36. The first-order valence-corrected chi connectivity index (χ1v) is 11.5. The molecule has 33 heavy (non-hydrogen) atoms. The highest BCUT2D eigenvalue weighted by Gasteiger charge is 2.56. The van der Waals surface area contributed by atoms with Crippen molar-refractivity contribution in [2.24, 2.45) is 5.92 Å². The van der Waals surface area contributed by atoms with Crippen molar-refractivity contribution in [3.63, 3.8) is 0 Å². The molecule has 2 rings (SSSR count). The first kappa shape index (κ1) is 26.4. The van der Waals surface area contributed by atoms with Crippen molar-refractivity contribution in [1.82, 2.24) is 15.5 Å². The average molecular weight is 488 g/mol. The monoisotopic (exact) mass is 487 g/mol. The van der Waals surface area contributed by atoms with Gasteiger partial charge in [0.25, 0.3) is 5.91 Å². The van der Waals surface area contributed by atoms with Gasteiger partial charge in [-0.2, -0.15) is 0 Å². The molecule has 0 aromatic carbocycles. The Balaban J connectivity index is 1.82. The van der Waals surface area contributed by atoms with E-state index >= 15 is 0 Å². The van der Waals surface area contributed by atoms with Crippen molar-refractivity contribution in [2.75, 3.05) is 18.9 Å². The van der Waals surface area contributed by atoms with E-state index in [0.29, 0.717) is 18.6 Å². The van der Waals surface area contributed by atoms with E-state index in [2.05, 4.69) is 16.4 Å². The number of carbonyl (C=O) groups excluding carboxylic acids is 6. The molecule has 2 saturated heterocycles. The molecule has 0 bridgehead atoms. The van der Waals surface area contributed by atoms with E-state index in [1.165, 1.54) is 18.7 Å².